The Labute approximate surface area is 55.0 Å². The van der Waals surface area contributed by atoms with E-state index in [9.17, 15) is 0 Å². The molecule has 0 radical (unpaired) electrons. The molecule has 4 heteroatoms. The molecule has 0 aliphatic rings. The predicted octanol–water partition coefficient (Wildman–Crippen LogP) is 0.460. The summed E-state index contributed by atoms with van der Waals surface area (Å²) in [4.78, 5) is 0. The molecule has 0 aromatic heterocycles. The minimum absolute atomic E-state index is 0. The van der Waals surface area contributed by atoms with Crippen molar-refractivity contribution < 1.29 is 22.1 Å². The van der Waals surface area contributed by atoms with Gasteiger partial charge < -0.3 is 0 Å². The molecule has 0 aliphatic heterocycles. The van der Waals surface area contributed by atoms with E-state index in [1.807, 2.05) is 0 Å². The zero-order chi connectivity index (χ0) is 2.71. The van der Waals surface area contributed by atoms with Crippen molar-refractivity contribution >= 4 is 33.6 Å². The molecule has 0 heterocycles. The van der Waals surface area contributed by atoms with Crippen LogP contribution in [0.25, 0.3) is 0 Å². The first-order chi connectivity index (χ1) is 1.41. The van der Waals surface area contributed by atoms with E-state index < -0.39 is 22.1 Å². The fourth-order valence-electron chi connectivity index (χ4n) is 0. The number of halogens is 2. The summed E-state index contributed by atoms with van der Waals surface area (Å²) in [6.45, 7) is 0. The maximum absolute atomic E-state index is 4.99. The summed E-state index contributed by atoms with van der Waals surface area (Å²) in [6, 6.07) is 0. The molecule has 0 unspecified atom stereocenters. The van der Waals surface area contributed by atoms with Crippen LogP contribution >= 0.6 is 16.5 Å². The molecule has 0 saturated heterocycles. The third kappa shape index (κ3) is 8.98. The van der Waals surface area contributed by atoms with Crippen LogP contribution in [0.15, 0.2) is 0 Å². The molecule has 0 aromatic carbocycles. The van der Waals surface area contributed by atoms with Crippen LogP contribution in [0.2, 0.25) is 0 Å². The topological polar surface area (TPSA) is 0 Å². The van der Waals surface area contributed by atoms with E-state index in [0.717, 1.165) is 0 Å². The van der Waals surface area contributed by atoms with Gasteiger partial charge in [0.1, 0.15) is 0 Å². The van der Waals surface area contributed by atoms with Gasteiger partial charge in [0.2, 0.25) is 0 Å². The first-order valence-corrected chi connectivity index (χ1v) is 14.1. The van der Waals surface area contributed by atoms with Crippen LogP contribution in [-0.2, 0) is 22.1 Å². The summed E-state index contributed by atoms with van der Waals surface area (Å²) in [5.41, 5.74) is 0. The molecular weight excluding hydrogens is 350 g/mol. The Balaban J connectivity index is 0. The van der Waals surface area contributed by atoms with Gasteiger partial charge in [-0.2, -0.15) is 0 Å². The number of hydrogen-bond acceptors (Lipinski definition) is 0. The van der Waals surface area contributed by atoms with Crippen LogP contribution in [0.5, 0.6) is 0 Å². The van der Waals surface area contributed by atoms with Gasteiger partial charge in [-0.3, -0.25) is 0 Å². The summed E-state index contributed by atoms with van der Waals surface area (Å²) in [5.74, 6) is 0. The van der Waals surface area contributed by atoms with Crippen molar-refractivity contribution in [1.82, 2.24) is 0 Å². The average molecular weight is 352 g/mol. The van der Waals surface area contributed by atoms with Crippen molar-refractivity contribution in [2.75, 3.05) is 0 Å². The van der Waals surface area contributed by atoms with Crippen LogP contribution in [0.3, 0.4) is 0 Å². The van der Waals surface area contributed by atoms with Gasteiger partial charge in [-0.15, -0.1) is 0 Å². The molecule has 0 amide bonds. The third-order valence-corrected chi connectivity index (χ3v) is 0. The SMILES string of the molecule is [Cl][Hg][Cl].[SeH2]. The van der Waals surface area contributed by atoms with Crippen LogP contribution in [-0.4, -0.2) is 17.1 Å². The summed E-state index contributed by atoms with van der Waals surface area (Å²) >= 11 is -1.14. The molecule has 0 spiro atoms. The second-order valence-electron chi connectivity index (χ2n) is 0.101. The van der Waals surface area contributed by atoms with Crippen molar-refractivity contribution in [2.24, 2.45) is 0 Å². The first-order valence-electron chi connectivity index (χ1n) is 0.535. The van der Waals surface area contributed by atoms with Crippen LogP contribution in [0.1, 0.15) is 0 Å². The van der Waals surface area contributed by atoms with Gasteiger partial charge in [0.15, 0.2) is 0 Å². The number of hydrogen-bond donors (Lipinski definition) is 0. The molecule has 0 atom stereocenters. The molecule has 0 N–H and O–H groups in total. The van der Waals surface area contributed by atoms with E-state index in [1.165, 1.54) is 0 Å². The second-order valence-corrected chi connectivity index (χ2v) is 7.98. The monoisotopic (exact) mass is 354 g/mol. The van der Waals surface area contributed by atoms with Crippen LogP contribution in [0, 0.1) is 0 Å². The molecule has 4 heavy (non-hydrogen) atoms. The summed E-state index contributed by atoms with van der Waals surface area (Å²) < 4.78 is 0. The molecule has 0 rings (SSSR count). The first kappa shape index (κ1) is 9.40. The normalized spacial score (nSPS) is 2.50. The average Bonchev–Trinajstić information content (AvgIpc) is 0.918. The van der Waals surface area contributed by atoms with Crippen LogP contribution < -0.4 is 0 Å². The summed E-state index contributed by atoms with van der Waals surface area (Å²) in [6.07, 6.45) is 0. The summed E-state index contributed by atoms with van der Waals surface area (Å²) in [7, 11) is 9.97. The van der Waals surface area contributed by atoms with Crippen molar-refractivity contribution in [3.8, 4) is 0 Å². The molecule has 0 fully saturated rings. The molecule has 0 nitrogen and oxygen atoms in total. The van der Waals surface area contributed by atoms with Gasteiger partial charge in [0.05, 0.1) is 0 Å². The van der Waals surface area contributed by atoms with E-state index >= 15 is 0 Å². The van der Waals surface area contributed by atoms with Crippen LogP contribution in [0.4, 0.5) is 0 Å². The van der Waals surface area contributed by atoms with Crippen molar-refractivity contribution in [2.45, 2.75) is 0 Å². The van der Waals surface area contributed by atoms with E-state index in [-0.39, 0.29) is 17.1 Å². The Kier molecular flexibility index (Phi) is 20.9. The Hall–Kier alpha value is 2.03. The van der Waals surface area contributed by atoms with E-state index in [4.69, 9.17) is 16.5 Å². The van der Waals surface area contributed by atoms with Gasteiger partial charge in [0, 0.05) is 0 Å². The Morgan fingerprint density at radius 2 is 1.25 bits per heavy atom. The summed E-state index contributed by atoms with van der Waals surface area (Å²) in [5, 5.41) is 0. The van der Waals surface area contributed by atoms with Gasteiger partial charge in [-0.05, 0) is 0 Å². The number of rotatable bonds is 0. The fraction of sp³-hybridized carbons (Fsp3) is 0. The molecule has 0 bridgehead atoms. The second kappa shape index (κ2) is 8.90. The molecule has 0 saturated carbocycles. The molecule has 24 valence electrons. The maximum atomic E-state index is 4.99. The minimum atomic E-state index is -1.14. The fourth-order valence-corrected chi connectivity index (χ4v) is 0. The quantitative estimate of drug-likeness (QED) is 0.556. The zero-order valence-electron chi connectivity index (χ0n) is 1.96. The van der Waals surface area contributed by atoms with Crippen molar-refractivity contribution in [1.29, 1.82) is 0 Å². The van der Waals surface area contributed by atoms with Gasteiger partial charge in [0.25, 0.3) is 0 Å². The molecule has 0 aromatic rings. The standard InChI is InChI=1S/2ClH.Hg.H2Se/h2*1H;;1H2/q;;+2;/p-2. The Morgan fingerprint density at radius 1 is 1.25 bits per heavy atom. The predicted molar refractivity (Wildman–Crippen MR) is 20.2 cm³/mol. The third-order valence-electron chi connectivity index (χ3n) is 0. The van der Waals surface area contributed by atoms with E-state index in [0.29, 0.717) is 0 Å². The van der Waals surface area contributed by atoms with Crippen molar-refractivity contribution in [3.63, 3.8) is 0 Å². The molecule has 0 aliphatic carbocycles. The van der Waals surface area contributed by atoms with Gasteiger partial charge >= 0.3 is 55.7 Å². The Bertz CT molecular complexity index is 6.00. The van der Waals surface area contributed by atoms with Gasteiger partial charge in [-0.1, -0.05) is 0 Å². The zero-order valence-corrected chi connectivity index (χ0v) is 11.1. The van der Waals surface area contributed by atoms with E-state index in [2.05, 4.69) is 0 Å². The Morgan fingerprint density at radius 3 is 1.25 bits per heavy atom. The van der Waals surface area contributed by atoms with Gasteiger partial charge in [-0.25, -0.2) is 0 Å². The van der Waals surface area contributed by atoms with E-state index in [1.54, 1.807) is 0 Å². The van der Waals surface area contributed by atoms with Crippen molar-refractivity contribution in [3.05, 3.63) is 0 Å². The molecular formula is H2Cl2HgSe.